The molecule has 2 aliphatic rings. The molecule has 2 rings (SSSR count). The Bertz CT molecular complexity index is 343. The van der Waals surface area contributed by atoms with Crippen LogP contribution in [0.3, 0.4) is 0 Å². The van der Waals surface area contributed by atoms with Crippen LogP contribution < -0.4 is 5.32 Å². The van der Waals surface area contributed by atoms with Crippen LogP contribution in [0.2, 0.25) is 0 Å². The van der Waals surface area contributed by atoms with Crippen LogP contribution in [0.4, 0.5) is 0 Å². The van der Waals surface area contributed by atoms with Crippen molar-refractivity contribution in [3.63, 3.8) is 0 Å². The molecule has 1 heterocycles. The summed E-state index contributed by atoms with van der Waals surface area (Å²) in [7, 11) is 0. The van der Waals surface area contributed by atoms with Crippen molar-refractivity contribution >= 4 is 17.7 Å². The van der Waals surface area contributed by atoms with Gasteiger partial charge in [-0.25, -0.2) is 0 Å². The molecule has 0 saturated carbocycles. The fraction of sp³-hybridized carbons (Fsp3) is 0.786. The van der Waals surface area contributed by atoms with Gasteiger partial charge in [0.2, 0.25) is 0 Å². The third-order valence-corrected chi connectivity index (χ3v) is 5.48. The first-order valence-electron chi connectivity index (χ1n) is 6.82. The molecular formula is C14H23NO2S. The molecule has 0 radical (unpaired) electrons. The van der Waals surface area contributed by atoms with Crippen LogP contribution in [0, 0.1) is 11.8 Å². The highest BCUT2D eigenvalue weighted by atomic mass is 32.2. The second kappa shape index (κ2) is 6.11. The zero-order chi connectivity index (χ0) is 13.1. The second-order valence-electron chi connectivity index (χ2n) is 5.68. The van der Waals surface area contributed by atoms with E-state index in [9.17, 15) is 4.79 Å². The minimum absolute atomic E-state index is 0.327. The summed E-state index contributed by atoms with van der Waals surface area (Å²) < 4.78 is 0. The number of carbonyl (C=O) groups is 1. The van der Waals surface area contributed by atoms with E-state index in [1.165, 1.54) is 24.8 Å². The van der Waals surface area contributed by atoms with E-state index in [0.717, 1.165) is 12.3 Å². The lowest BCUT2D eigenvalue weighted by molar-refractivity contribution is -0.138. The first-order chi connectivity index (χ1) is 8.56. The number of hydrogen-bond acceptors (Lipinski definition) is 3. The molecular weight excluding hydrogens is 246 g/mol. The quantitative estimate of drug-likeness (QED) is 0.771. The van der Waals surface area contributed by atoms with Crippen LogP contribution in [-0.4, -0.2) is 28.2 Å². The molecule has 4 atom stereocenters. The zero-order valence-corrected chi connectivity index (χ0v) is 12.0. The van der Waals surface area contributed by atoms with Crippen LogP contribution >= 0.6 is 11.8 Å². The molecule has 0 amide bonds. The predicted molar refractivity (Wildman–Crippen MR) is 75.7 cm³/mol. The highest BCUT2D eigenvalue weighted by Crippen LogP contribution is 2.34. The summed E-state index contributed by atoms with van der Waals surface area (Å²) >= 11 is 1.76. The minimum Gasteiger partial charge on any atom is -0.480 e. The minimum atomic E-state index is -0.714. The highest BCUT2D eigenvalue weighted by molar-refractivity contribution is 8.00. The van der Waals surface area contributed by atoms with Crippen molar-refractivity contribution in [1.82, 2.24) is 5.32 Å². The summed E-state index contributed by atoms with van der Waals surface area (Å²) in [6.07, 6.45) is 7.19. The molecule has 1 saturated heterocycles. The number of hydrogen-bond donors (Lipinski definition) is 2. The fourth-order valence-electron chi connectivity index (χ4n) is 2.84. The topological polar surface area (TPSA) is 49.3 Å². The molecule has 4 heteroatoms. The SMILES string of the molecule is CC1=CCC(C(C)CC2NC(C(=O)O)CS2)CC1. The molecule has 0 bridgehead atoms. The van der Waals surface area contributed by atoms with Crippen molar-refractivity contribution in [2.24, 2.45) is 11.8 Å². The number of nitrogens with one attached hydrogen (secondary N) is 1. The maximum atomic E-state index is 10.9. The second-order valence-corrected chi connectivity index (χ2v) is 6.91. The van der Waals surface area contributed by atoms with E-state index in [1.54, 1.807) is 11.8 Å². The first-order valence-corrected chi connectivity index (χ1v) is 7.87. The number of thioether (sulfide) groups is 1. The summed E-state index contributed by atoms with van der Waals surface area (Å²) in [4.78, 5) is 10.9. The lowest BCUT2D eigenvalue weighted by Crippen LogP contribution is -2.37. The molecule has 2 N–H and O–H groups in total. The van der Waals surface area contributed by atoms with Crippen LogP contribution in [0.5, 0.6) is 0 Å². The molecule has 3 nitrogen and oxygen atoms in total. The lowest BCUT2D eigenvalue weighted by Gasteiger charge is -2.28. The van der Waals surface area contributed by atoms with Gasteiger partial charge in [0.15, 0.2) is 0 Å². The average molecular weight is 269 g/mol. The van der Waals surface area contributed by atoms with Crippen molar-refractivity contribution in [2.45, 2.75) is 50.9 Å². The standard InChI is InChI=1S/C14H23NO2S/c1-9-3-5-11(6-4-9)10(2)7-13-15-12(8-18-13)14(16)17/h3,10-13,15H,4-8H2,1-2H3,(H,16,17). The van der Waals surface area contributed by atoms with E-state index in [4.69, 9.17) is 5.11 Å². The molecule has 0 aromatic heterocycles. The van der Waals surface area contributed by atoms with E-state index in [2.05, 4.69) is 25.2 Å². The van der Waals surface area contributed by atoms with Gasteiger partial charge < -0.3 is 5.11 Å². The van der Waals surface area contributed by atoms with E-state index < -0.39 is 5.97 Å². The van der Waals surface area contributed by atoms with E-state index >= 15 is 0 Å². The van der Waals surface area contributed by atoms with Gasteiger partial charge in [0.05, 0.1) is 5.37 Å². The summed E-state index contributed by atoms with van der Waals surface area (Å²) in [6, 6.07) is -0.347. The number of rotatable bonds is 4. The van der Waals surface area contributed by atoms with Crippen molar-refractivity contribution in [3.05, 3.63) is 11.6 Å². The van der Waals surface area contributed by atoms with E-state index in [0.29, 0.717) is 17.0 Å². The van der Waals surface area contributed by atoms with Crippen LogP contribution in [-0.2, 0) is 4.79 Å². The molecule has 102 valence electrons. The Morgan fingerprint density at radius 1 is 1.67 bits per heavy atom. The van der Waals surface area contributed by atoms with Gasteiger partial charge in [0.25, 0.3) is 0 Å². The number of allylic oxidation sites excluding steroid dienone is 2. The Kier molecular flexibility index (Phi) is 4.73. The Labute approximate surface area is 113 Å². The largest absolute Gasteiger partial charge is 0.480 e. The van der Waals surface area contributed by atoms with Crippen LogP contribution in [0.1, 0.15) is 39.5 Å². The van der Waals surface area contributed by atoms with Crippen molar-refractivity contribution in [3.8, 4) is 0 Å². The van der Waals surface area contributed by atoms with Gasteiger partial charge in [-0.05, 0) is 44.4 Å². The predicted octanol–water partition coefficient (Wildman–Crippen LogP) is 2.87. The summed E-state index contributed by atoms with van der Waals surface area (Å²) in [5.41, 5.74) is 1.53. The Morgan fingerprint density at radius 3 is 3.00 bits per heavy atom. The third kappa shape index (κ3) is 3.51. The molecule has 0 aromatic rings. The summed E-state index contributed by atoms with van der Waals surface area (Å²) in [5.74, 6) is 1.44. The fourth-order valence-corrected chi connectivity index (χ4v) is 4.21. The molecule has 18 heavy (non-hydrogen) atoms. The smallest absolute Gasteiger partial charge is 0.321 e. The van der Waals surface area contributed by atoms with E-state index in [1.807, 2.05) is 0 Å². The Balaban J connectivity index is 1.78. The van der Waals surface area contributed by atoms with Crippen LogP contribution in [0.25, 0.3) is 0 Å². The average Bonchev–Trinajstić information content (AvgIpc) is 2.78. The van der Waals surface area contributed by atoms with Gasteiger partial charge >= 0.3 is 5.97 Å². The van der Waals surface area contributed by atoms with Crippen molar-refractivity contribution in [1.29, 1.82) is 0 Å². The molecule has 1 aliphatic carbocycles. The number of carboxylic acid groups (broad SMARTS) is 1. The van der Waals surface area contributed by atoms with Gasteiger partial charge in [-0.1, -0.05) is 18.6 Å². The molecule has 4 unspecified atom stereocenters. The lowest BCUT2D eigenvalue weighted by atomic mass is 9.80. The molecule has 1 aliphatic heterocycles. The molecule has 0 spiro atoms. The molecule has 0 aromatic carbocycles. The van der Waals surface area contributed by atoms with Gasteiger partial charge in [-0.3, -0.25) is 10.1 Å². The Morgan fingerprint density at radius 2 is 2.44 bits per heavy atom. The number of aliphatic carboxylic acids is 1. The maximum absolute atomic E-state index is 10.9. The zero-order valence-electron chi connectivity index (χ0n) is 11.2. The van der Waals surface area contributed by atoms with Crippen molar-refractivity contribution < 1.29 is 9.90 Å². The van der Waals surface area contributed by atoms with Gasteiger partial charge in [-0.15, -0.1) is 11.8 Å². The highest BCUT2D eigenvalue weighted by Gasteiger charge is 2.31. The van der Waals surface area contributed by atoms with Crippen LogP contribution in [0.15, 0.2) is 11.6 Å². The normalized spacial score (nSPS) is 34.1. The van der Waals surface area contributed by atoms with Gasteiger partial charge in [0.1, 0.15) is 6.04 Å². The van der Waals surface area contributed by atoms with Gasteiger partial charge in [0, 0.05) is 5.75 Å². The van der Waals surface area contributed by atoms with E-state index in [-0.39, 0.29) is 6.04 Å². The number of carboxylic acids is 1. The van der Waals surface area contributed by atoms with Crippen molar-refractivity contribution in [2.75, 3.05) is 5.75 Å². The summed E-state index contributed by atoms with van der Waals surface area (Å²) in [5, 5.41) is 12.5. The first kappa shape index (κ1) is 13.9. The summed E-state index contributed by atoms with van der Waals surface area (Å²) in [6.45, 7) is 4.53. The third-order valence-electron chi connectivity index (χ3n) is 4.22. The monoisotopic (exact) mass is 269 g/mol. The maximum Gasteiger partial charge on any atom is 0.321 e. The van der Waals surface area contributed by atoms with Gasteiger partial charge in [-0.2, -0.15) is 0 Å². The Hall–Kier alpha value is -0.480. The molecule has 1 fully saturated rings.